The number of fused-ring (bicyclic) bond motifs is 1. The Hall–Kier alpha value is -3.18. The maximum absolute atomic E-state index is 5.04. The van der Waals surface area contributed by atoms with Crippen LogP contribution in [0.15, 0.2) is 73.1 Å². The Balaban J connectivity index is 1.31. The molecule has 0 atom stereocenters. The maximum Gasteiger partial charge on any atom is 0.133 e. The Labute approximate surface area is 177 Å². The van der Waals surface area contributed by atoms with Crippen molar-refractivity contribution in [1.82, 2.24) is 20.1 Å². The highest BCUT2D eigenvalue weighted by atomic mass is 15.3. The number of aromatic nitrogens is 3. The minimum Gasteiger partial charge on any atom is -0.356 e. The van der Waals surface area contributed by atoms with Crippen LogP contribution in [0.4, 0.5) is 5.82 Å². The van der Waals surface area contributed by atoms with Crippen LogP contribution in [0, 0.1) is 0 Å². The first-order valence-corrected chi connectivity index (χ1v) is 10.8. The monoisotopic (exact) mass is 397 g/mol. The lowest BCUT2D eigenvalue weighted by atomic mass is 10.1. The standard InChI is InChI=1S/C25H27N5/c1-4-14-29(15-5-1)25-22(17-21-7-2-3-8-24(21)28-25)19-26-18-20-9-11-23(12-10-20)30-16-6-13-27-30/h2-3,6-13,16-17,26H,1,4-5,14-15,18-19H2. The molecule has 152 valence electrons. The number of anilines is 1. The van der Waals surface area contributed by atoms with Crippen molar-refractivity contribution >= 4 is 16.7 Å². The van der Waals surface area contributed by atoms with Crippen molar-refractivity contribution in [2.75, 3.05) is 18.0 Å². The number of hydrogen-bond acceptors (Lipinski definition) is 4. The normalized spacial score (nSPS) is 14.3. The van der Waals surface area contributed by atoms with E-state index in [1.54, 1.807) is 6.20 Å². The van der Waals surface area contributed by atoms with Gasteiger partial charge in [-0.15, -0.1) is 0 Å². The average molecular weight is 398 g/mol. The molecule has 0 bridgehead atoms. The second-order valence-electron chi connectivity index (χ2n) is 7.93. The van der Waals surface area contributed by atoms with Gasteiger partial charge in [-0.25, -0.2) is 9.67 Å². The second-order valence-corrected chi connectivity index (χ2v) is 7.93. The number of para-hydroxylation sites is 1. The summed E-state index contributed by atoms with van der Waals surface area (Å²) in [6.45, 7) is 3.84. The molecule has 30 heavy (non-hydrogen) atoms. The van der Waals surface area contributed by atoms with Gasteiger partial charge in [0.2, 0.25) is 0 Å². The van der Waals surface area contributed by atoms with Crippen LogP contribution in [-0.4, -0.2) is 27.9 Å². The van der Waals surface area contributed by atoms with Gasteiger partial charge >= 0.3 is 0 Å². The summed E-state index contributed by atoms with van der Waals surface area (Å²) in [4.78, 5) is 7.50. The molecule has 4 aromatic rings. The van der Waals surface area contributed by atoms with Crippen LogP contribution < -0.4 is 10.2 Å². The molecule has 0 spiro atoms. The fourth-order valence-corrected chi connectivity index (χ4v) is 4.19. The van der Waals surface area contributed by atoms with Gasteiger partial charge in [0, 0.05) is 49.5 Å². The predicted molar refractivity (Wildman–Crippen MR) is 122 cm³/mol. The highest BCUT2D eigenvalue weighted by molar-refractivity contribution is 5.81. The first-order chi connectivity index (χ1) is 14.9. The lowest BCUT2D eigenvalue weighted by Gasteiger charge is -2.30. The second kappa shape index (κ2) is 8.67. The van der Waals surface area contributed by atoms with Gasteiger partial charge in [0.1, 0.15) is 5.82 Å². The summed E-state index contributed by atoms with van der Waals surface area (Å²) in [6.07, 6.45) is 7.59. The number of piperidine rings is 1. The van der Waals surface area contributed by atoms with E-state index in [1.165, 1.54) is 35.8 Å². The summed E-state index contributed by atoms with van der Waals surface area (Å²) in [6, 6.07) is 21.2. The number of pyridine rings is 1. The third kappa shape index (κ3) is 4.07. The Bertz CT molecular complexity index is 1100. The van der Waals surface area contributed by atoms with Crippen molar-refractivity contribution in [1.29, 1.82) is 0 Å². The van der Waals surface area contributed by atoms with Gasteiger partial charge in [0.15, 0.2) is 0 Å². The molecule has 0 aliphatic carbocycles. The smallest absolute Gasteiger partial charge is 0.133 e. The van der Waals surface area contributed by atoms with E-state index in [0.29, 0.717) is 0 Å². The molecule has 1 fully saturated rings. The Morgan fingerprint density at radius 3 is 2.50 bits per heavy atom. The Morgan fingerprint density at radius 2 is 1.70 bits per heavy atom. The van der Waals surface area contributed by atoms with Crippen molar-refractivity contribution in [2.24, 2.45) is 0 Å². The van der Waals surface area contributed by atoms with Crippen molar-refractivity contribution in [3.63, 3.8) is 0 Å². The van der Waals surface area contributed by atoms with E-state index < -0.39 is 0 Å². The molecule has 1 aliphatic heterocycles. The zero-order valence-corrected chi connectivity index (χ0v) is 17.2. The van der Waals surface area contributed by atoms with Crippen LogP contribution >= 0.6 is 0 Å². The molecule has 2 aromatic carbocycles. The molecule has 1 N–H and O–H groups in total. The molecule has 5 rings (SSSR count). The average Bonchev–Trinajstić information content (AvgIpc) is 3.35. The van der Waals surface area contributed by atoms with Gasteiger partial charge in [0.25, 0.3) is 0 Å². The third-order valence-corrected chi connectivity index (χ3v) is 5.79. The van der Waals surface area contributed by atoms with Crippen molar-refractivity contribution in [3.05, 3.63) is 84.2 Å². The highest BCUT2D eigenvalue weighted by Crippen LogP contribution is 2.26. The molecule has 0 unspecified atom stereocenters. The van der Waals surface area contributed by atoms with E-state index in [2.05, 4.69) is 69.9 Å². The molecule has 0 amide bonds. The SMILES string of the molecule is c1ccc2nc(N3CCCCC3)c(CNCc3ccc(-n4cccn4)cc3)cc2c1. The summed E-state index contributed by atoms with van der Waals surface area (Å²) >= 11 is 0. The molecule has 0 saturated carbocycles. The van der Waals surface area contributed by atoms with Crippen LogP contribution in [0.5, 0.6) is 0 Å². The molecule has 5 nitrogen and oxygen atoms in total. The van der Waals surface area contributed by atoms with Crippen molar-refractivity contribution < 1.29 is 0 Å². The van der Waals surface area contributed by atoms with Crippen LogP contribution in [-0.2, 0) is 13.1 Å². The van der Waals surface area contributed by atoms with Gasteiger partial charge in [-0.3, -0.25) is 0 Å². The van der Waals surface area contributed by atoms with Crippen LogP contribution in [0.3, 0.4) is 0 Å². The van der Waals surface area contributed by atoms with Crippen LogP contribution in [0.25, 0.3) is 16.6 Å². The molecular weight excluding hydrogens is 370 g/mol. The number of benzene rings is 2. The van der Waals surface area contributed by atoms with Crippen molar-refractivity contribution in [2.45, 2.75) is 32.4 Å². The maximum atomic E-state index is 5.04. The van der Waals surface area contributed by atoms with Crippen LogP contribution in [0.2, 0.25) is 0 Å². The topological polar surface area (TPSA) is 46.0 Å². The fraction of sp³-hybridized carbons (Fsp3) is 0.280. The quantitative estimate of drug-likeness (QED) is 0.512. The zero-order chi connectivity index (χ0) is 20.2. The van der Waals surface area contributed by atoms with Crippen LogP contribution in [0.1, 0.15) is 30.4 Å². The third-order valence-electron chi connectivity index (χ3n) is 5.79. The first kappa shape index (κ1) is 18.8. The summed E-state index contributed by atoms with van der Waals surface area (Å²) < 4.78 is 1.88. The van der Waals surface area contributed by atoms with E-state index in [0.717, 1.165) is 43.2 Å². The van der Waals surface area contributed by atoms with Gasteiger partial charge < -0.3 is 10.2 Å². The molecule has 3 heterocycles. The summed E-state index contributed by atoms with van der Waals surface area (Å²) in [5.41, 5.74) is 4.70. The van der Waals surface area contributed by atoms with E-state index in [-0.39, 0.29) is 0 Å². The lowest BCUT2D eigenvalue weighted by Crippen LogP contribution is -2.31. The predicted octanol–water partition coefficient (Wildman–Crippen LogP) is 4.70. The van der Waals surface area contributed by atoms with Gasteiger partial charge in [-0.1, -0.05) is 30.3 Å². The Morgan fingerprint density at radius 1 is 0.867 bits per heavy atom. The van der Waals surface area contributed by atoms with E-state index in [1.807, 2.05) is 16.9 Å². The van der Waals surface area contributed by atoms with E-state index in [4.69, 9.17) is 4.98 Å². The van der Waals surface area contributed by atoms with Gasteiger partial charge in [-0.05, 0) is 55.2 Å². The highest BCUT2D eigenvalue weighted by Gasteiger charge is 2.17. The molecular formula is C25H27N5. The van der Waals surface area contributed by atoms with Crippen molar-refractivity contribution in [3.8, 4) is 5.69 Å². The Kier molecular flexibility index (Phi) is 5.44. The van der Waals surface area contributed by atoms with E-state index >= 15 is 0 Å². The number of rotatable bonds is 6. The number of nitrogens with one attached hydrogen (secondary N) is 1. The first-order valence-electron chi connectivity index (χ1n) is 10.8. The summed E-state index contributed by atoms with van der Waals surface area (Å²) in [7, 11) is 0. The zero-order valence-electron chi connectivity index (χ0n) is 17.2. The van der Waals surface area contributed by atoms with Gasteiger partial charge in [0.05, 0.1) is 11.2 Å². The minimum atomic E-state index is 0.810. The minimum absolute atomic E-state index is 0.810. The fourth-order valence-electron chi connectivity index (χ4n) is 4.19. The largest absolute Gasteiger partial charge is 0.356 e. The molecule has 5 heteroatoms. The summed E-state index contributed by atoms with van der Waals surface area (Å²) in [5.74, 6) is 1.15. The number of nitrogens with zero attached hydrogens (tertiary/aromatic N) is 4. The van der Waals surface area contributed by atoms with E-state index in [9.17, 15) is 0 Å². The molecule has 1 saturated heterocycles. The number of hydrogen-bond donors (Lipinski definition) is 1. The molecule has 0 radical (unpaired) electrons. The molecule has 2 aromatic heterocycles. The lowest BCUT2D eigenvalue weighted by molar-refractivity contribution is 0.570. The molecule has 1 aliphatic rings. The summed E-state index contributed by atoms with van der Waals surface area (Å²) in [5, 5.41) is 9.12. The van der Waals surface area contributed by atoms with Gasteiger partial charge in [-0.2, -0.15) is 5.10 Å².